The van der Waals surface area contributed by atoms with Gasteiger partial charge in [-0.25, -0.2) is 29.8 Å². The number of hydrazine groups is 2. The first-order valence-corrected chi connectivity index (χ1v) is 4.84. The second kappa shape index (κ2) is 7.62. The number of carbonyl (C=O) groups excluding carboxylic acids is 2. The minimum absolute atomic E-state index is 0.134. The molecule has 0 unspecified atom stereocenters. The second-order valence-corrected chi connectivity index (χ2v) is 3.02. The van der Waals surface area contributed by atoms with E-state index < -0.39 is 35.3 Å². The lowest BCUT2D eigenvalue weighted by Crippen LogP contribution is -2.41. The molecule has 0 aliphatic heterocycles. The standard InChI is InChI=1S/C7H12N4O8/c1-18-6(12)8(10(14)15)4-3-5-9(11(16)17)7(13)19-2/h3-5H2,1-2H3. The van der Waals surface area contributed by atoms with Crippen molar-refractivity contribution in [3.05, 3.63) is 20.2 Å². The van der Waals surface area contributed by atoms with Crippen LogP contribution in [0.4, 0.5) is 9.59 Å². The number of nitro groups is 2. The molecule has 19 heavy (non-hydrogen) atoms. The lowest BCUT2D eigenvalue weighted by molar-refractivity contribution is -0.641. The van der Waals surface area contributed by atoms with Gasteiger partial charge < -0.3 is 9.47 Å². The Morgan fingerprint density at radius 3 is 1.47 bits per heavy atom. The van der Waals surface area contributed by atoms with Crippen LogP contribution in [0.15, 0.2) is 0 Å². The van der Waals surface area contributed by atoms with Gasteiger partial charge in [0, 0.05) is 0 Å². The van der Waals surface area contributed by atoms with E-state index >= 15 is 0 Å². The molecule has 0 spiro atoms. The number of amides is 2. The van der Waals surface area contributed by atoms with Gasteiger partial charge in [-0.3, -0.25) is 0 Å². The molecule has 0 rings (SSSR count). The molecule has 0 fully saturated rings. The minimum Gasteiger partial charge on any atom is -0.449 e. The van der Waals surface area contributed by atoms with Crippen molar-refractivity contribution in [1.29, 1.82) is 0 Å². The normalized spacial score (nSPS) is 9.37. The van der Waals surface area contributed by atoms with E-state index in [-0.39, 0.29) is 16.4 Å². The fourth-order valence-corrected chi connectivity index (χ4v) is 1.06. The molecular weight excluding hydrogens is 268 g/mol. The zero-order valence-electron chi connectivity index (χ0n) is 10.2. The van der Waals surface area contributed by atoms with E-state index in [1.165, 1.54) is 0 Å². The van der Waals surface area contributed by atoms with Crippen molar-refractivity contribution in [1.82, 2.24) is 10.0 Å². The molecule has 0 radical (unpaired) electrons. The summed E-state index contributed by atoms with van der Waals surface area (Å²) in [6, 6.07) is 0. The predicted molar refractivity (Wildman–Crippen MR) is 56.8 cm³/mol. The maximum Gasteiger partial charge on any atom is 0.467 e. The van der Waals surface area contributed by atoms with Crippen LogP contribution in [-0.2, 0) is 9.47 Å². The molecular formula is C7H12N4O8. The van der Waals surface area contributed by atoms with Crippen LogP contribution in [0, 0.1) is 20.2 Å². The predicted octanol–water partition coefficient (Wildman–Crippen LogP) is -0.103. The van der Waals surface area contributed by atoms with Gasteiger partial charge in [0.05, 0.1) is 27.3 Å². The summed E-state index contributed by atoms with van der Waals surface area (Å²) in [5.41, 5.74) is 0. The summed E-state index contributed by atoms with van der Waals surface area (Å²) in [5.74, 6) is 0. The molecule has 2 amide bonds. The van der Waals surface area contributed by atoms with Crippen LogP contribution in [0.25, 0.3) is 0 Å². The summed E-state index contributed by atoms with van der Waals surface area (Å²) in [6.07, 6.45) is -2.63. The first-order valence-electron chi connectivity index (χ1n) is 4.84. The molecule has 0 aromatic rings. The van der Waals surface area contributed by atoms with Crippen molar-refractivity contribution in [3.63, 3.8) is 0 Å². The summed E-state index contributed by atoms with van der Waals surface area (Å²) in [7, 11) is 1.91. The third kappa shape index (κ3) is 5.01. The lowest BCUT2D eigenvalue weighted by Gasteiger charge is -2.13. The van der Waals surface area contributed by atoms with Crippen LogP contribution in [0.5, 0.6) is 0 Å². The van der Waals surface area contributed by atoms with Crippen LogP contribution in [-0.4, -0.2) is 59.6 Å². The number of nitrogens with zero attached hydrogens (tertiary/aromatic N) is 4. The van der Waals surface area contributed by atoms with Crippen LogP contribution in [0.2, 0.25) is 0 Å². The van der Waals surface area contributed by atoms with Crippen LogP contribution >= 0.6 is 0 Å². The van der Waals surface area contributed by atoms with Gasteiger partial charge in [-0.15, -0.1) is 0 Å². The number of ether oxygens (including phenoxy) is 2. The average Bonchev–Trinajstić information content (AvgIpc) is 2.36. The van der Waals surface area contributed by atoms with Gasteiger partial charge in [0.15, 0.2) is 10.1 Å². The molecule has 0 heterocycles. The average molecular weight is 280 g/mol. The lowest BCUT2D eigenvalue weighted by atomic mass is 10.4. The molecule has 0 aromatic heterocycles. The fraction of sp³-hybridized carbons (Fsp3) is 0.714. The van der Waals surface area contributed by atoms with E-state index in [9.17, 15) is 29.8 Å². The van der Waals surface area contributed by atoms with Gasteiger partial charge in [0.1, 0.15) is 0 Å². The first-order chi connectivity index (χ1) is 8.84. The summed E-state index contributed by atoms with van der Waals surface area (Å²) in [5, 5.41) is 19.2. The Balaban J connectivity index is 4.45. The van der Waals surface area contributed by atoms with Crippen LogP contribution in [0.3, 0.4) is 0 Å². The summed E-state index contributed by atoms with van der Waals surface area (Å²) in [6.45, 7) is -0.915. The second-order valence-electron chi connectivity index (χ2n) is 3.02. The van der Waals surface area contributed by atoms with Crippen molar-refractivity contribution in [3.8, 4) is 0 Å². The molecule has 0 saturated heterocycles. The van der Waals surface area contributed by atoms with E-state index in [1.54, 1.807) is 0 Å². The van der Waals surface area contributed by atoms with Crippen molar-refractivity contribution >= 4 is 12.2 Å². The van der Waals surface area contributed by atoms with E-state index in [0.717, 1.165) is 14.2 Å². The zero-order chi connectivity index (χ0) is 15.0. The third-order valence-corrected chi connectivity index (χ3v) is 1.90. The molecule has 12 heteroatoms. The summed E-state index contributed by atoms with van der Waals surface area (Å²) < 4.78 is 8.31. The molecule has 0 aliphatic rings. The fourth-order valence-electron chi connectivity index (χ4n) is 1.06. The minimum atomic E-state index is -1.21. The van der Waals surface area contributed by atoms with Gasteiger partial charge in [0.25, 0.3) is 0 Å². The maximum atomic E-state index is 11.0. The highest BCUT2D eigenvalue weighted by molar-refractivity contribution is 5.66. The van der Waals surface area contributed by atoms with Gasteiger partial charge >= 0.3 is 12.2 Å². The number of hydrogen-bond acceptors (Lipinski definition) is 8. The molecule has 0 bridgehead atoms. The molecule has 0 N–H and O–H groups in total. The Bertz CT molecular complexity index is 338. The van der Waals surface area contributed by atoms with E-state index in [0.29, 0.717) is 0 Å². The quantitative estimate of drug-likeness (QED) is 0.484. The summed E-state index contributed by atoms with van der Waals surface area (Å²) in [4.78, 5) is 42.9. The highest BCUT2D eigenvalue weighted by atomic mass is 16.7. The monoisotopic (exact) mass is 280 g/mol. The number of rotatable bonds is 6. The van der Waals surface area contributed by atoms with Crippen molar-refractivity contribution in [2.75, 3.05) is 27.3 Å². The largest absolute Gasteiger partial charge is 0.467 e. The Labute approximate surface area is 106 Å². The van der Waals surface area contributed by atoms with Crippen molar-refractivity contribution in [2.45, 2.75) is 6.42 Å². The Morgan fingerprint density at radius 2 is 1.26 bits per heavy atom. The smallest absolute Gasteiger partial charge is 0.449 e. The molecule has 0 saturated carbocycles. The SMILES string of the molecule is COC(=O)N(CCCN(C(=O)OC)[N+](=O)[O-])[N+](=O)[O-]. The number of hydrogen-bond donors (Lipinski definition) is 0. The molecule has 0 aliphatic carbocycles. The Morgan fingerprint density at radius 1 is 0.947 bits per heavy atom. The van der Waals surface area contributed by atoms with Gasteiger partial charge in [-0.1, -0.05) is 0 Å². The zero-order valence-corrected chi connectivity index (χ0v) is 10.2. The number of methoxy groups -OCH3 is 2. The van der Waals surface area contributed by atoms with Crippen LogP contribution < -0.4 is 0 Å². The molecule has 108 valence electrons. The summed E-state index contributed by atoms with van der Waals surface area (Å²) >= 11 is 0. The van der Waals surface area contributed by atoms with E-state index in [4.69, 9.17) is 0 Å². The highest BCUT2D eigenvalue weighted by Crippen LogP contribution is 2.00. The third-order valence-electron chi connectivity index (χ3n) is 1.90. The molecule has 0 atom stereocenters. The van der Waals surface area contributed by atoms with Gasteiger partial charge in [0.2, 0.25) is 0 Å². The van der Waals surface area contributed by atoms with Gasteiger partial charge in [-0.05, 0) is 16.4 Å². The Hall–Kier alpha value is -2.66. The number of carbonyl (C=O) groups is 2. The Kier molecular flexibility index (Phi) is 6.56. The van der Waals surface area contributed by atoms with Crippen molar-refractivity contribution < 1.29 is 29.1 Å². The highest BCUT2D eigenvalue weighted by Gasteiger charge is 2.28. The van der Waals surface area contributed by atoms with Crippen molar-refractivity contribution in [2.24, 2.45) is 0 Å². The van der Waals surface area contributed by atoms with E-state index in [1.807, 2.05) is 0 Å². The molecule has 12 nitrogen and oxygen atoms in total. The van der Waals surface area contributed by atoms with Gasteiger partial charge in [-0.2, -0.15) is 0 Å². The first kappa shape index (κ1) is 16.3. The maximum absolute atomic E-state index is 11.0. The molecule has 0 aromatic carbocycles. The topological polar surface area (TPSA) is 145 Å². The van der Waals surface area contributed by atoms with Crippen LogP contribution in [0.1, 0.15) is 6.42 Å². The van der Waals surface area contributed by atoms with E-state index in [2.05, 4.69) is 9.47 Å².